The average Bonchev–Trinajstić information content (AvgIpc) is 3.50. The molecule has 1 aliphatic rings. The number of hydrogen-bond donors (Lipinski definition) is 3. The van der Waals surface area contributed by atoms with Crippen molar-refractivity contribution in [1.82, 2.24) is 35.3 Å². The zero-order valence-corrected chi connectivity index (χ0v) is 18.6. The van der Waals surface area contributed by atoms with Gasteiger partial charge in [0.05, 0.1) is 18.1 Å². The number of H-pyrrole nitrogens is 2. The lowest BCUT2D eigenvalue weighted by Crippen LogP contribution is -2.33. The topological polar surface area (TPSA) is 111 Å². The quantitative estimate of drug-likeness (QED) is 0.386. The maximum Gasteiger partial charge on any atom is 0.223 e. The molecule has 11 heteroatoms. The molecule has 9 nitrogen and oxygen atoms in total. The Bertz CT molecular complexity index is 1160. The van der Waals surface area contributed by atoms with Crippen LogP contribution in [0.25, 0.3) is 11.5 Å². The number of hydrogen-bond acceptors (Lipinski definition) is 7. The van der Waals surface area contributed by atoms with Crippen LogP contribution >= 0.6 is 23.2 Å². The normalized spacial score (nSPS) is 14.6. The van der Waals surface area contributed by atoms with E-state index >= 15 is 0 Å². The molecule has 0 amide bonds. The fourth-order valence-electron chi connectivity index (χ4n) is 3.90. The van der Waals surface area contributed by atoms with E-state index in [4.69, 9.17) is 23.2 Å². The number of imidazole rings is 1. The Labute approximate surface area is 194 Å². The Kier molecular flexibility index (Phi) is 5.91. The Balaban J connectivity index is 1.23. The summed E-state index contributed by atoms with van der Waals surface area (Å²) in [6, 6.07) is 7.25. The Hall–Kier alpha value is -3.17. The molecule has 1 saturated heterocycles. The van der Waals surface area contributed by atoms with Crippen molar-refractivity contribution in [2.45, 2.75) is 25.3 Å². The minimum absolute atomic E-state index is 0.442. The van der Waals surface area contributed by atoms with Crippen molar-refractivity contribution in [3.8, 4) is 11.5 Å². The van der Waals surface area contributed by atoms with Crippen LogP contribution in [0.4, 0.5) is 11.8 Å². The Morgan fingerprint density at radius 2 is 1.88 bits per heavy atom. The van der Waals surface area contributed by atoms with E-state index in [1.165, 1.54) is 0 Å². The lowest BCUT2D eigenvalue weighted by Gasteiger charge is -2.31. The number of halogens is 2. The predicted molar refractivity (Wildman–Crippen MR) is 124 cm³/mol. The van der Waals surface area contributed by atoms with Gasteiger partial charge < -0.3 is 15.2 Å². The molecule has 4 aromatic rings. The highest BCUT2D eigenvalue weighted by atomic mass is 35.5. The molecule has 164 valence electrons. The first-order chi connectivity index (χ1) is 15.6. The van der Waals surface area contributed by atoms with E-state index in [2.05, 4.69) is 45.6 Å². The second-order valence-corrected chi connectivity index (χ2v) is 8.54. The highest BCUT2D eigenvalue weighted by Gasteiger charge is 2.23. The van der Waals surface area contributed by atoms with Crippen molar-refractivity contribution in [1.29, 1.82) is 0 Å². The van der Waals surface area contributed by atoms with Gasteiger partial charge in [-0.1, -0.05) is 23.2 Å². The summed E-state index contributed by atoms with van der Waals surface area (Å²) in [6.07, 6.45) is 7.43. The number of aromatic nitrogens is 7. The number of aromatic amines is 2. The lowest BCUT2D eigenvalue weighted by molar-refractivity contribution is 0.493. The maximum atomic E-state index is 6.07. The Morgan fingerprint density at radius 1 is 1.06 bits per heavy atom. The van der Waals surface area contributed by atoms with Crippen molar-refractivity contribution in [3.63, 3.8) is 0 Å². The van der Waals surface area contributed by atoms with E-state index in [0.29, 0.717) is 34.3 Å². The number of benzene rings is 1. The molecule has 5 rings (SSSR count). The van der Waals surface area contributed by atoms with Gasteiger partial charge in [0.15, 0.2) is 5.82 Å². The van der Waals surface area contributed by atoms with Crippen LogP contribution in [0, 0.1) is 0 Å². The number of anilines is 2. The van der Waals surface area contributed by atoms with E-state index in [0.717, 1.165) is 48.7 Å². The average molecular weight is 470 g/mol. The third-order valence-electron chi connectivity index (χ3n) is 5.52. The summed E-state index contributed by atoms with van der Waals surface area (Å²) in [5, 5.41) is 15.2. The van der Waals surface area contributed by atoms with E-state index in [1.807, 2.05) is 30.6 Å². The van der Waals surface area contributed by atoms with Gasteiger partial charge in [0.25, 0.3) is 0 Å². The molecular formula is C21H21Cl2N9. The molecule has 0 radical (unpaired) electrons. The van der Waals surface area contributed by atoms with Crippen molar-refractivity contribution < 1.29 is 0 Å². The molecular weight excluding hydrogens is 449 g/mol. The van der Waals surface area contributed by atoms with Gasteiger partial charge in [-0.3, -0.25) is 0 Å². The minimum atomic E-state index is 0.442. The number of rotatable bonds is 6. The first-order valence-electron chi connectivity index (χ1n) is 10.3. The first-order valence-corrected chi connectivity index (χ1v) is 11.1. The van der Waals surface area contributed by atoms with Crippen molar-refractivity contribution in [2.24, 2.45) is 0 Å². The van der Waals surface area contributed by atoms with Crippen LogP contribution in [0.5, 0.6) is 0 Å². The summed E-state index contributed by atoms with van der Waals surface area (Å²) in [5.41, 5.74) is 2.71. The number of piperidine rings is 1. The van der Waals surface area contributed by atoms with Crippen LogP contribution in [0.15, 0.2) is 42.9 Å². The molecule has 1 aromatic carbocycles. The van der Waals surface area contributed by atoms with Gasteiger partial charge in [-0.05, 0) is 42.7 Å². The van der Waals surface area contributed by atoms with Crippen LogP contribution < -0.4 is 10.2 Å². The summed E-state index contributed by atoms with van der Waals surface area (Å²) < 4.78 is 0. The van der Waals surface area contributed by atoms with Crippen molar-refractivity contribution in [3.05, 3.63) is 64.2 Å². The predicted octanol–water partition coefficient (Wildman–Crippen LogP) is 4.29. The van der Waals surface area contributed by atoms with Crippen LogP contribution in [0.2, 0.25) is 10.0 Å². The van der Waals surface area contributed by atoms with E-state index in [9.17, 15) is 0 Å². The molecule has 3 aromatic heterocycles. The monoisotopic (exact) mass is 469 g/mol. The Morgan fingerprint density at radius 3 is 2.62 bits per heavy atom. The second kappa shape index (κ2) is 9.13. The maximum absolute atomic E-state index is 6.07. The van der Waals surface area contributed by atoms with Gasteiger partial charge in [0, 0.05) is 41.8 Å². The molecule has 3 N–H and O–H groups in total. The van der Waals surface area contributed by atoms with Crippen LogP contribution in [-0.4, -0.2) is 48.4 Å². The van der Waals surface area contributed by atoms with E-state index < -0.39 is 0 Å². The smallest absolute Gasteiger partial charge is 0.223 e. The van der Waals surface area contributed by atoms with Gasteiger partial charge in [-0.15, -0.1) is 0 Å². The standard InChI is InChI=1S/C21H21Cl2N9/c22-15-7-13(8-16(23)9-15)10-26-21-24-4-1-17(28-21)20-25-12-19(29-20)32-5-2-14(3-6-32)18-11-27-31-30-18/h1,4,7-9,11-12,14H,2-3,5-6,10H2,(H,25,29)(H,24,26,28)(H,27,30,31). The van der Waals surface area contributed by atoms with Crippen LogP contribution in [0.3, 0.4) is 0 Å². The molecule has 0 spiro atoms. The number of nitrogens with one attached hydrogen (secondary N) is 3. The zero-order chi connectivity index (χ0) is 21.9. The molecule has 1 fully saturated rings. The van der Waals surface area contributed by atoms with E-state index in [-0.39, 0.29) is 0 Å². The molecule has 32 heavy (non-hydrogen) atoms. The third kappa shape index (κ3) is 4.68. The summed E-state index contributed by atoms with van der Waals surface area (Å²) in [5.74, 6) is 2.64. The zero-order valence-electron chi connectivity index (χ0n) is 17.1. The molecule has 4 heterocycles. The first kappa shape index (κ1) is 20.7. The van der Waals surface area contributed by atoms with Crippen molar-refractivity contribution >= 4 is 35.0 Å². The van der Waals surface area contributed by atoms with Gasteiger partial charge in [0.1, 0.15) is 11.5 Å². The summed E-state index contributed by atoms with van der Waals surface area (Å²) in [6.45, 7) is 2.36. The summed E-state index contributed by atoms with van der Waals surface area (Å²) in [7, 11) is 0. The van der Waals surface area contributed by atoms with Crippen LogP contribution in [-0.2, 0) is 6.54 Å². The minimum Gasteiger partial charge on any atom is -0.357 e. The molecule has 0 bridgehead atoms. The SMILES string of the molecule is Clc1cc(Cl)cc(CNc2nccc(-c3ncc(N4CCC(c5cn[nH]n5)CC4)[nH]3)n2)c1. The van der Waals surface area contributed by atoms with Gasteiger partial charge in [-0.25, -0.2) is 15.0 Å². The third-order valence-corrected chi connectivity index (χ3v) is 5.96. The molecule has 0 atom stereocenters. The molecule has 0 saturated carbocycles. The largest absolute Gasteiger partial charge is 0.357 e. The summed E-state index contributed by atoms with van der Waals surface area (Å²) >= 11 is 12.1. The highest BCUT2D eigenvalue weighted by Crippen LogP contribution is 2.29. The van der Waals surface area contributed by atoms with E-state index in [1.54, 1.807) is 12.3 Å². The fraction of sp³-hybridized carbons (Fsp3) is 0.286. The van der Waals surface area contributed by atoms with Gasteiger partial charge in [0.2, 0.25) is 5.95 Å². The fourth-order valence-corrected chi connectivity index (χ4v) is 4.47. The molecule has 1 aliphatic heterocycles. The van der Waals surface area contributed by atoms with Gasteiger partial charge in [-0.2, -0.15) is 15.4 Å². The second-order valence-electron chi connectivity index (χ2n) is 7.67. The van der Waals surface area contributed by atoms with Gasteiger partial charge >= 0.3 is 0 Å². The van der Waals surface area contributed by atoms with Crippen molar-refractivity contribution in [2.75, 3.05) is 23.3 Å². The molecule has 0 aliphatic carbocycles. The lowest BCUT2D eigenvalue weighted by atomic mass is 9.94. The number of nitrogens with zero attached hydrogens (tertiary/aromatic N) is 6. The van der Waals surface area contributed by atoms with Crippen LogP contribution in [0.1, 0.15) is 30.0 Å². The molecule has 0 unspecified atom stereocenters. The highest BCUT2D eigenvalue weighted by molar-refractivity contribution is 6.34. The summed E-state index contributed by atoms with van der Waals surface area (Å²) in [4.78, 5) is 19.1.